The lowest BCUT2D eigenvalue weighted by atomic mass is 9.89. The Morgan fingerprint density at radius 1 is 1.08 bits per heavy atom. The summed E-state index contributed by atoms with van der Waals surface area (Å²) in [5.74, 6) is -0.627. The van der Waals surface area contributed by atoms with Gasteiger partial charge in [-0.05, 0) is 38.5 Å². The number of carbonyl (C=O) groups is 3. The minimum atomic E-state index is -1.21. The molecule has 1 aromatic carbocycles. The topological polar surface area (TPSA) is 69.7 Å². The minimum absolute atomic E-state index is 0.000326. The number of anilines is 1. The van der Waals surface area contributed by atoms with Gasteiger partial charge in [-0.15, -0.1) is 0 Å². The van der Waals surface area contributed by atoms with E-state index in [1.165, 1.54) is 6.92 Å². The zero-order chi connectivity index (χ0) is 18.8. The van der Waals surface area contributed by atoms with Gasteiger partial charge in [0.15, 0.2) is 0 Å². The number of carbonyl (C=O) groups excluding carboxylic acids is 3. The summed E-state index contributed by atoms with van der Waals surface area (Å²) in [6.45, 7) is 8.47. The van der Waals surface area contributed by atoms with E-state index < -0.39 is 5.41 Å². The first-order valence-electron chi connectivity index (χ1n) is 8.25. The van der Waals surface area contributed by atoms with Gasteiger partial charge in [-0.2, -0.15) is 0 Å². The maximum absolute atomic E-state index is 12.8. The highest BCUT2D eigenvalue weighted by Crippen LogP contribution is 2.25. The third kappa shape index (κ3) is 4.31. The number of benzene rings is 1. The quantitative estimate of drug-likeness (QED) is 0.835. The monoisotopic (exact) mass is 365 g/mol. The Morgan fingerprint density at radius 2 is 1.64 bits per heavy atom. The van der Waals surface area contributed by atoms with Crippen LogP contribution in [0.3, 0.4) is 0 Å². The number of halogens is 1. The molecule has 0 bridgehead atoms. The molecular weight excluding hydrogens is 342 g/mol. The SMILES string of the molecule is CC(=O)N1CCN(C(=O)C(C)(C)C(=O)Nc2ccc(C)c(Cl)c2)CC1. The van der Waals surface area contributed by atoms with Crippen LogP contribution < -0.4 is 5.32 Å². The van der Waals surface area contributed by atoms with Crippen LogP contribution in [0.25, 0.3) is 0 Å². The molecule has 7 heteroatoms. The Hall–Kier alpha value is -2.08. The van der Waals surface area contributed by atoms with Crippen molar-refractivity contribution in [2.75, 3.05) is 31.5 Å². The number of rotatable bonds is 3. The molecule has 25 heavy (non-hydrogen) atoms. The van der Waals surface area contributed by atoms with E-state index >= 15 is 0 Å². The zero-order valence-electron chi connectivity index (χ0n) is 15.1. The van der Waals surface area contributed by atoms with Gasteiger partial charge in [0.25, 0.3) is 0 Å². The second kappa shape index (κ2) is 7.44. The molecular formula is C18H24ClN3O3. The number of nitrogens with one attached hydrogen (secondary N) is 1. The highest BCUT2D eigenvalue weighted by molar-refractivity contribution is 6.31. The molecule has 1 saturated heterocycles. The van der Waals surface area contributed by atoms with E-state index in [0.29, 0.717) is 36.9 Å². The summed E-state index contributed by atoms with van der Waals surface area (Å²) in [6, 6.07) is 5.24. The lowest BCUT2D eigenvalue weighted by molar-refractivity contribution is -0.149. The lowest BCUT2D eigenvalue weighted by Crippen LogP contribution is -2.55. The molecule has 0 aromatic heterocycles. The van der Waals surface area contributed by atoms with Gasteiger partial charge in [-0.1, -0.05) is 17.7 Å². The van der Waals surface area contributed by atoms with Crippen LogP contribution in [0.1, 0.15) is 26.3 Å². The van der Waals surface area contributed by atoms with Gasteiger partial charge in [-0.25, -0.2) is 0 Å². The van der Waals surface area contributed by atoms with Crippen LogP contribution in [-0.4, -0.2) is 53.7 Å². The van der Waals surface area contributed by atoms with Crippen LogP contribution in [0.5, 0.6) is 0 Å². The predicted octanol–water partition coefficient (Wildman–Crippen LogP) is 2.30. The Kier molecular flexibility index (Phi) is 5.72. The van der Waals surface area contributed by atoms with E-state index in [0.717, 1.165) is 5.56 Å². The Labute approximate surface area is 153 Å². The van der Waals surface area contributed by atoms with Crippen molar-refractivity contribution in [3.8, 4) is 0 Å². The van der Waals surface area contributed by atoms with Crippen molar-refractivity contribution in [2.45, 2.75) is 27.7 Å². The van der Waals surface area contributed by atoms with Crippen molar-refractivity contribution in [3.05, 3.63) is 28.8 Å². The Balaban J connectivity index is 2.03. The predicted molar refractivity (Wildman–Crippen MR) is 97.4 cm³/mol. The summed E-state index contributed by atoms with van der Waals surface area (Å²) in [7, 11) is 0. The zero-order valence-corrected chi connectivity index (χ0v) is 15.8. The highest BCUT2D eigenvalue weighted by atomic mass is 35.5. The fourth-order valence-electron chi connectivity index (χ4n) is 2.67. The maximum Gasteiger partial charge on any atom is 0.239 e. The molecule has 0 spiro atoms. The van der Waals surface area contributed by atoms with E-state index in [1.54, 1.807) is 35.8 Å². The van der Waals surface area contributed by atoms with E-state index in [-0.39, 0.29) is 17.7 Å². The fraction of sp³-hybridized carbons (Fsp3) is 0.500. The number of piperazine rings is 1. The molecule has 136 valence electrons. The van der Waals surface area contributed by atoms with Crippen molar-refractivity contribution in [3.63, 3.8) is 0 Å². The molecule has 1 aromatic rings. The Bertz CT molecular complexity index is 695. The van der Waals surface area contributed by atoms with Gasteiger partial charge in [0, 0.05) is 43.8 Å². The van der Waals surface area contributed by atoms with Gasteiger partial charge in [0.1, 0.15) is 5.41 Å². The first-order valence-corrected chi connectivity index (χ1v) is 8.63. The average Bonchev–Trinajstić information content (AvgIpc) is 2.57. The molecule has 0 saturated carbocycles. The molecule has 6 nitrogen and oxygen atoms in total. The van der Waals surface area contributed by atoms with E-state index in [4.69, 9.17) is 11.6 Å². The number of hydrogen-bond acceptors (Lipinski definition) is 3. The summed E-state index contributed by atoms with van der Waals surface area (Å²) in [4.78, 5) is 40.1. The van der Waals surface area contributed by atoms with Crippen molar-refractivity contribution < 1.29 is 14.4 Å². The molecule has 0 atom stereocenters. The summed E-state index contributed by atoms with van der Waals surface area (Å²) in [6.07, 6.45) is 0. The van der Waals surface area contributed by atoms with Crippen molar-refractivity contribution in [2.24, 2.45) is 5.41 Å². The molecule has 1 fully saturated rings. The van der Waals surface area contributed by atoms with Gasteiger partial charge < -0.3 is 15.1 Å². The fourth-order valence-corrected chi connectivity index (χ4v) is 2.86. The third-order valence-electron chi connectivity index (χ3n) is 4.54. The molecule has 0 radical (unpaired) electrons. The van der Waals surface area contributed by atoms with Crippen LogP contribution in [0, 0.1) is 12.3 Å². The maximum atomic E-state index is 12.8. The molecule has 0 aliphatic carbocycles. The minimum Gasteiger partial charge on any atom is -0.339 e. The van der Waals surface area contributed by atoms with E-state index in [1.807, 2.05) is 13.0 Å². The molecule has 3 amide bonds. The molecule has 1 N–H and O–H groups in total. The molecule has 2 rings (SSSR count). The number of hydrogen-bond donors (Lipinski definition) is 1. The van der Waals surface area contributed by atoms with Crippen LogP contribution >= 0.6 is 11.6 Å². The third-order valence-corrected chi connectivity index (χ3v) is 4.95. The van der Waals surface area contributed by atoms with Crippen LogP contribution in [-0.2, 0) is 14.4 Å². The summed E-state index contributed by atoms with van der Waals surface area (Å²) >= 11 is 6.08. The highest BCUT2D eigenvalue weighted by Gasteiger charge is 2.40. The molecule has 0 unspecified atom stereocenters. The number of nitrogens with zero attached hydrogens (tertiary/aromatic N) is 2. The Morgan fingerprint density at radius 3 is 2.16 bits per heavy atom. The van der Waals surface area contributed by atoms with E-state index in [2.05, 4.69) is 5.32 Å². The van der Waals surface area contributed by atoms with Gasteiger partial charge in [-0.3, -0.25) is 14.4 Å². The first-order chi connectivity index (χ1) is 11.6. The standard InChI is InChI=1S/C18H24ClN3O3/c1-12-5-6-14(11-15(12)19)20-16(24)18(3,4)17(25)22-9-7-21(8-10-22)13(2)23/h5-6,11H,7-10H2,1-4H3,(H,20,24). The van der Waals surface area contributed by atoms with Crippen molar-refractivity contribution >= 4 is 35.0 Å². The van der Waals surface area contributed by atoms with Crippen molar-refractivity contribution in [1.82, 2.24) is 9.80 Å². The summed E-state index contributed by atoms with van der Waals surface area (Å²) in [5, 5.41) is 3.32. The van der Waals surface area contributed by atoms with Gasteiger partial charge >= 0.3 is 0 Å². The van der Waals surface area contributed by atoms with Crippen LogP contribution in [0.2, 0.25) is 5.02 Å². The average molecular weight is 366 g/mol. The summed E-state index contributed by atoms with van der Waals surface area (Å²) in [5.41, 5.74) is 0.261. The molecule has 1 aliphatic heterocycles. The number of amides is 3. The second-order valence-electron chi connectivity index (χ2n) is 6.84. The smallest absolute Gasteiger partial charge is 0.239 e. The number of aryl methyl sites for hydroxylation is 1. The molecule has 1 aliphatic rings. The van der Waals surface area contributed by atoms with Gasteiger partial charge in [0.2, 0.25) is 17.7 Å². The molecule has 1 heterocycles. The van der Waals surface area contributed by atoms with Crippen LogP contribution in [0.4, 0.5) is 5.69 Å². The first kappa shape index (κ1) is 19.2. The largest absolute Gasteiger partial charge is 0.339 e. The van der Waals surface area contributed by atoms with Gasteiger partial charge in [0.05, 0.1) is 0 Å². The normalized spacial score (nSPS) is 15.1. The van der Waals surface area contributed by atoms with Crippen molar-refractivity contribution in [1.29, 1.82) is 0 Å². The second-order valence-corrected chi connectivity index (χ2v) is 7.25. The van der Waals surface area contributed by atoms with E-state index in [9.17, 15) is 14.4 Å². The lowest BCUT2D eigenvalue weighted by Gasteiger charge is -2.37. The summed E-state index contributed by atoms with van der Waals surface area (Å²) < 4.78 is 0. The van der Waals surface area contributed by atoms with Crippen LogP contribution in [0.15, 0.2) is 18.2 Å².